The van der Waals surface area contributed by atoms with Crippen molar-refractivity contribution in [2.24, 2.45) is 0 Å². The average molecular weight is 448 g/mol. The first-order valence-corrected chi connectivity index (χ1v) is 9.72. The normalized spacial score (nSPS) is 30.6. The van der Waals surface area contributed by atoms with Crippen LogP contribution in [0.3, 0.4) is 0 Å². The Hall–Kier alpha value is -3.00. The van der Waals surface area contributed by atoms with Gasteiger partial charge < -0.3 is 29.2 Å². The van der Waals surface area contributed by atoms with Crippen LogP contribution in [-0.4, -0.2) is 57.7 Å². The lowest BCUT2D eigenvalue weighted by atomic mass is 10.0. The number of nitro groups is 2. The van der Waals surface area contributed by atoms with Crippen LogP contribution in [0.2, 0.25) is 0 Å². The Morgan fingerprint density at radius 2 is 1.34 bits per heavy atom. The lowest BCUT2D eigenvalue weighted by Crippen LogP contribution is -2.55. The predicted octanol–water partition coefficient (Wildman–Crippen LogP) is 1.75. The molecule has 2 aromatic carbocycles. The van der Waals surface area contributed by atoms with Crippen LogP contribution in [0.5, 0.6) is 0 Å². The lowest BCUT2D eigenvalue weighted by molar-refractivity contribution is -0.385. The molecular formula is C20H20N2O10. The summed E-state index contributed by atoms with van der Waals surface area (Å²) in [6, 6.07) is 11.4. The molecule has 12 nitrogen and oxygen atoms in total. The number of fused-ring (bicyclic) bond motifs is 1. The molecule has 0 aromatic heterocycles. The van der Waals surface area contributed by atoms with Crippen LogP contribution < -0.4 is 0 Å². The van der Waals surface area contributed by atoms with Crippen molar-refractivity contribution in [3.63, 3.8) is 0 Å². The number of hydrogen-bond donors (Lipinski definition) is 2. The summed E-state index contributed by atoms with van der Waals surface area (Å²) in [6.07, 6.45) is -6.77. The molecule has 4 rings (SSSR count). The second kappa shape index (κ2) is 9.24. The van der Waals surface area contributed by atoms with Crippen molar-refractivity contribution < 1.29 is 39.0 Å². The summed E-state index contributed by atoms with van der Waals surface area (Å²) in [5.41, 5.74) is 0.413. The monoisotopic (exact) mass is 448 g/mol. The Morgan fingerprint density at radius 3 is 1.91 bits per heavy atom. The molecule has 0 amide bonds. The average Bonchev–Trinajstić information content (AvgIpc) is 2.80. The second-order valence-electron chi connectivity index (χ2n) is 7.37. The summed E-state index contributed by atoms with van der Waals surface area (Å²) in [5.74, 6) is 0. The largest absolute Gasteiger partial charge is 0.388 e. The first kappa shape index (κ1) is 22.2. The number of nitro benzene ring substituents is 2. The second-order valence-corrected chi connectivity index (χ2v) is 7.37. The van der Waals surface area contributed by atoms with E-state index in [1.165, 1.54) is 36.4 Å². The molecule has 2 fully saturated rings. The molecule has 2 saturated heterocycles. The summed E-state index contributed by atoms with van der Waals surface area (Å²) in [6.45, 7) is -0.403. The minimum atomic E-state index is -1.39. The van der Waals surface area contributed by atoms with Crippen molar-refractivity contribution in [2.75, 3.05) is 13.2 Å². The Balaban J connectivity index is 1.57. The summed E-state index contributed by atoms with van der Waals surface area (Å²) in [7, 11) is 0. The number of aliphatic hydroxyl groups excluding tert-OH is 2. The molecule has 0 radical (unpaired) electrons. The molecule has 2 N–H and O–H groups in total. The molecule has 2 aliphatic heterocycles. The van der Waals surface area contributed by atoms with Crippen molar-refractivity contribution in [1.82, 2.24) is 0 Å². The summed E-state index contributed by atoms with van der Waals surface area (Å²) < 4.78 is 23.0. The summed E-state index contributed by atoms with van der Waals surface area (Å²) >= 11 is 0. The van der Waals surface area contributed by atoms with Crippen LogP contribution in [-0.2, 0) is 18.9 Å². The number of non-ortho nitro benzene ring substituents is 2. The highest BCUT2D eigenvalue weighted by Crippen LogP contribution is 2.35. The number of rotatable bonds is 4. The fraction of sp³-hybridized carbons (Fsp3) is 0.400. The van der Waals surface area contributed by atoms with Crippen LogP contribution in [0.1, 0.15) is 23.7 Å². The first-order chi connectivity index (χ1) is 15.3. The summed E-state index contributed by atoms with van der Waals surface area (Å²) in [5, 5.41) is 43.1. The molecule has 6 atom stereocenters. The van der Waals surface area contributed by atoms with Crippen molar-refractivity contribution in [3.05, 3.63) is 79.9 Å². The molecular weight excluding hydrogens is 428 g/mol. The highest BCUT2D eigenvalue weighted by Gasteiger charge is 2.44. The van der Waals surface area contributed by atoms with E-state index >= 15 is 0 Å². The van der Waals surface area contributed by atoms with Crippen molar-refractivity contribution in [3.8, 4) is 0 Å². The van der Waals surface area contributed by atoms with E-state index in [9.17, 15) is 30.4 Å². The van der Waals surface area contributed by atoms with Gasteiger partial charge in [-0.2, -0.15) is 0 Å². The van der Waals surface area contributed by atoms with Gasteiger partial charge in [0.15, 0.2) is 12.6 Å². The van der Waals surface area contributed by atoms with Gasteiger partial charge >= 0.3 is 0 Å². The van der Waals surface area contributed by atoms with Gasteiger partial charge in [-0.05, 0) is 0 Å². The first-order valence-electron chi connectivity index (χ1n) is 9.72. The van der Waals surface area contributed by atoms with E-state index in [1.807, 2.05) is 0 Å². The standard InChI is InChI=1S/C20H20N2O10/c23-15-9-29-19(11-3-1-5-13(7-11)21(25)26)31-16-10-30-20(32-18(16)17(15)24)12-4-2-6-14(8-12)22(27)28/h1-8,15-20,23-24H,9-10H2/t15-,16+,17+,18+,19?,20?/m1/s1. The van der Waals surface area contributed by atoms with Gasteiger partial charge in [0, 0.05) is 35.4 Å². The van der Waals surface area contributed by atoms with Crippen LogP contribution in [0, 0.1) is 20.2 Å². The van der Waals surface area contributed by atoms with E-state index in [0.29, 0.717) is 11.1 Å². The predicted molar refractivity (Wildman–Crippen MR) is 105 cm³/mol. The maximum absolute atomic E-state index is 11.1. The lowest BCUT2D eigenvalue weighted by Gasteiger charge is -2.42. The van der Waals surface area contributed by atoms with Crippen molar-refractivity contribution in [1.29, 1.82) is 0 Å². The van der Waals surface area contributed by atoms with Gasteiger partial charge in [-0.3, -0.25) is 20.2 Å². The van der Waals surface area contributed by atoms with Gasteiger partial charge in [0.25, 0.3) is 11.4 Å². The molecule has 2 heterocycles. The number of benzene rings is 2. The van der Waals surface area contributed by atoms with E-state index in [1.54, 1.807) is 12.1 Å². The number of aliphatic hydroxyl groups is 2. The van der Waals surface area contributed by atoms with Gasteiger partial charge in [0.2, 0.25) is 0 Å². The topological polar surface area (TPSA) is 164 Å². The molecule has 170 valence electrons. The maximum Gasteiger partial charge on any atom is 0.269 e. The van der Waals surface area contributed by atoms with E-state index < -0.39 is 46.8 Å². The third-order valence-corrected chi connectivity index (χ3v) is 5.21. The van der Waals surface area contributed by atoms with Gasteiger partial charge in [-0.15, -0.1) is 0 Å². The fourth-order valence-corrected chi connectivity index (χ4v) is 3.58. The SMILES string of the molecule is O=[N+]([O-])c1cccc(C2OC[C@@H]3OC(c4cccc([N+](=O)[O-])c4)OC[C@@H](O)[C@H](O)[C@H]3O2)c1. The molecule has 0 bridgehead atoms. The Bertz CT molecular complexity index is 1000. The molecule has 0 aliphatic carbocycles. The van der Waals surface area contributed by atoms with Gasteiger partial charge in [-0.25, -0.2) is 0 Å². The zero-order valence-electron chi connectivity index (χ0n) is 16.6. The maximum atomic E-state index is 11.1. The van der Waals surface area contributed by atoms with E-state index in [0.717, 1.165) is 0 Å². The van der Waals surface area contributed by atoms with Crippen LogP contribution in [0.15, 0.2) is 48.5 Å². The zero-order chi connectivity index (χ0) is 22.8. The minimum Gasteiger partial charge on any atom is -0.388 e. The summed E-state index contributed by atoms with van der Waals surface area (Å²) in [4.78, 5) is 21.0. The van der Waals surface area contributed by atoms with Crippen LogP contribution in [0.4, 0.5) is 11.4 Å². The van der Waals surface area contributed by atoms with E-state index in [2.05, 4.69) is 0 Å². The molecule has 32 heavy (non-hydrogen) atoms. The zero-order valence-corrected chi connectivity index (χ0v) is 16.6. The van der Waals surface area contributed by atoms with Crippen molar-refractivity contribution in [2.45, 2.75) is 37.0 Å². The van der Waals surface area contributed by atoms with Crippen molar-refractivity contribution >= 4 is 11.4 Å². The third kappa shape index (κ3) is 4.60. The van der Waals surface area contributed by atoms with Gasteiger partial charge in [-0.1, -0.05) is 24.3 Å². The van der Waals surface area contributed by atoms with Gasteiger partial charge in [0.05, 0.1) is 23.1 Å². The smallest absolute Gasteiger partial charge is 0.269 e. The molecule has 2 aromatic rings. The minimum absolute atomic E-state index is 0.0867. The van der Waals surface area contributed by atoms with Gasteiger partial charge in [0.1, 0.15) is 24.4 Å². The Labute approximate surface area is 181 Å². The Morgan fingerprint density at radius 1 is 0.812 bits per heavy atom. The highest BCUT2D eigenvalue weighted by molar-refractivity contribution is 5.36. The highest BCUT2D eigenvalue weighted by atomic mass is 16.7. The molecule has 0 saturated carbocycles. The molecule has 2 aliphatic rings. The molecule has 0 spiro atoms. The van der Waals surface area contributed by atoms with Crippen LogP contribution >= 0.6 is 0 Å². The fourth-order valence-electron chi connectivity index (χ4n) is 3.58. The third-order valence-electron chi connectivity index (χ3n) is 5.21. The number of hydrogen-bond acceptors (Lipinski definition) is 10. The van der Waals surface area contributed by atoms with Crippen LogP contribution in [0.25, 0.3) is 0 Å². The van der Waals surface area contributed by atoms with E-state index in [4.69, 9.17) is 18.9 Å². The molecule has 2 unspecified atom stereocenters. The molecule has 12 heteroatoms. The number of nitrogens with zero attached hydrogens (tertiary/aromatic N) is 2. The number of ether oxygens (including phenoxy) is 4. The van der Waals surface area contributed by atoms with E-state index in [-0.39, 0.29) is 24.6 Å². The Kier molecular flexibility index (Phi) is 6.41. The quantitative estimate of drug-likeness (QED) is 0.520.